The fourth-order valence-corrected chi connectivity index (χ4v) is 5.82. The van der Waals surface area contributed by atoms with E-state index in [9.17, 15) is 15.3 Å². The van der Waals surface area contributed by atoms with Crippen molar-refractivity contribution in [3.8, 4) is 11.5 Å². The van der Waals surface area contributed by atoms with Gasteiger partial charge in [-0.3, -0.25) is 0 Å². The first-order valence-corrected chi connectivity index (χ1v) is 8.01. The Balaban J connectivity index is 1.81. The molecule has 4 heteroatoms. The smallest absolute Gasteiger partial charge is 0.165 e. The molecular formula is C17H20O4. The highest BCUT2D eigenvalue weighted by Crippen LogP contribution is 2.65. The summed E-state index contributed by atoms with van der Waals surface area (Å²) in [5.74, 6) is 1.66. The number of aromatic hydroxyl groups is 1. The molecule has 0 saturated heterocycles. The van der Waals surface area contributed by atoms with Crippen molar-refractivity contribution < 1.29 is 20.1 Å². The third-order valence-electron chi connectivity index (χ3n) is 6.52. The third-order valence-corrected chi connectivity index (χ3v) is 6.52. The molecule has 112 valence electrons. The van der Waals surface area contributed by atoms with Crippen LogP contribution in [0, 0.1) is 11.8 Å². The predicted octanol–water partition coefficient (Wildman–Crippen LogP) is 1.49. The zero-order chi connectivity index (χ0) is 14.4. The molecule has 1 aromatic rings. The fraction of sp³-hybridized carbons (Fsp3) is 0.647. The number of rotatable bonds is 0. The highest BCUT2D eigenvalue weighted by Gasteiger charge is 2.66. The van der Waals surface area contributed by atoms with Gasteiger partial charge in [0.1, 0.15) is 12.2 Å². The molecule has 2 saturated carbocycles. The van der Waals surface area contributed by atoms with Gasteiger partial charge in [-0.25, -0.2) is 0 Å². The Morgan fingerprint density at radius 2 is 2.10 bits per heavy atom. The Bertz CT molecular complexity index is 627. The lowest BCUT2D eigenvalue weighted by Gasteiger charge is -2.56. The quantitative estimate of drug-likeness (QED) is 0.676. The van der Waals surface area contributed by atoms with Gasteiger partial charge in [0.25, 0.3) is 0 Å². The first-order chi connectivity index (χ1) is 10.1. The second-order valence-electron chi connectivity index (χ2n) is 7.28. The molecule has 0 amide bonds. The molecule has 5 rings (SSSR count). The molecule has 4 aliphatic rings. The Morgan fingerprint density at radius 1 is 1.24 bits per heavy atom. The van der Waals surface area contributed by atoms with Crippen molar-refractivity contribution in [2.45, 2.75) is 55.8 Å². The maximum Gasteiger partial charge on any atom is 0.165 e. The molecule has 0 radical (unpaired) electrons. The van der Waals surface area contributed by atoms with E-state index in [0.29, 0.717) is 24.0 Å². The van der Waals surface area contributed by atoms with Crippen LogP contribution in [0.5, 0.6) is 11.5 Å². The number of hydrogen-bond donors (Lipinski definition) is 3. The minimum Gasteiger partial charge on any atom is -0.504 e. The van der Waals surface area contributed by atoms with Gasteiger partial charge in [-0.15, -0.1) is 0 Å². The minimum atomic E-state index is -0.863. The zero-order valence-corrected chi connectivity index (χ0v) is 11.8. The number of hydrogen-bond acceptors (Lipinski definition) is 4. The van der Waals surface area contributed by atoms with Crippen LogP contribution in [0.1, 0.15) is 36.8 Å². The van der Waals surface area contributed by atoms with E-state index in [2.05, 4.69) is 0 Å². The van der Waals surface area contributed by atoms with Gasteiger partial charge < -0.3 is 20.1 Å². The molecule has 1 aliphatic heterocycles. The molecule has 21 heavy (non-hydrogen) atoms. The van der Waals surface area contributed by atoms with E-state index in [1.54, 1.807) is 6.07 Å². The van der Waals surface area contributed by atoms with Gasteiger partial charge in [0.15, 0.2) is 11.5 Å². The summed E-state index contributed by atoms with van der Waals surface area (Å²) < 4.78 is 6.03. The van der Waals surface area contributed by atoms with Gasteiger partial charge in [-0.05, 0) is 49.1 Å². The molecule has 1 unspecified atom stereocenters. The lowest BCUT2D eigenvalue weighted by Crippen LogP contribution is -2.63. The molecule has 4 nitrogen and oxygen atoms in total. The first-order valence-electron chi connectivity index (χ1n) is 8.01. The summed E-state index contributed by atoms with van der Waals surface area (Å²) in [4.78, 5) is 0. The summed E-state index contributed by atoms with van der Waals surface area (Å²) in [7, 11) is 0. The van der Waals surface area contributed by atoms with Crippen LogP contribution in [0.3, 0.4) is 0 Å². The lowest BCUT2D eigenvalue weighted by molar-refractivity contribution is -0.143. The van der Waals surface area contributed by atoms with Crippen LogP contribution in [0.15, 0.2) is 12.1 Å². The van der Waals surface area contributed by atoms with Gasteiger partial charge in [0.2, 0.25) is 0 Å². The highest BCUT2D eigenvalue weighted by atomic mass is 16.5. The SMILES string of the molecule is Oc1ccc2c3c1O[C@H]1C(O)[C@H](O)C[C@H]4[C@H](CCC[C@]314)C2. The Morgan fingerprint density at radius 3 is 2.95 bits per heavy atom. The van der Waals surface area contributed by atoms with Crippen LogP contribution in [-0.2, 0) is 11.8 Å². The maximum absolute atomic E-state index is 10.5. The summed E-state index contributed by atoms with van der Waals surface area (Å²) in [5.41, 5.74) is 2.22. The largest absolute Gasteiger partial charge is 0.504 e. The molecule has 3 N–H and O–H groups in total. The molecule has 3 aliphatic carbocycles. The number of phenols is 1. The standard InChI is InChI=1S/C17H20O4/c18-11-4-3-9-6-8-2-1-5-17-10(8)7-12(19)14(20)16(17)21-15(11)13(9)17/h3-4,8,10,12,14,16,18-20H,1-2,5-7H2/t8-,10+,12-,14?,16+,17+/m1/s1. The molecule has 1 spiro atoms. The van der Waals surface area contributed by atoms with E-state index in [1.807, 2.05) is 6.07 Å². The number of aliphatic hydroxyl groups excluding tert-OH is 2. The van der Waals surface area contributed by atoms with Crippen molar-refractivity contribution in [1.29, 1.82) is 0 Å². The van der Waals surface area contributed by atoms with Crippen LogP contribution in [-0.4, -0.2) is 33.6 Å². The van der Waals surface area contributed by atoms with Crippen molar-refractivity contribution in [1.82, 2.24) is 0 Å². The third kappa shape index (κ3) is 1.25. The predicted molar refractivity (Wildman–Crippen MR) is 75.4 cm³/mol. The normalized spacial score (nSPS) is 45.9. The molecule has 2 fully saturated rings. The number of phenolic OH excluding ortho intramolecular Hbond substituents is 1. The summed E-state index contributed by atoms with van der Waals surface area (Å²) in [6.45, 7) is 0. The Labute approximate surface area is 123 Å². The van der Waals surface area contributed by atoms with Gasteiger partial charge in [-0.1, -0.05) is 12.5 Å². The van der Waals surface area contributed by atoms with Crippen molar-refractivity contribution in [2.75, 3.05) is 0 Å². The minimum absolute atomic E-state index is 0.169. The summed E-state index contributed by atoms with van der Waals surface area (Å²) in [6, 6.07) is 3.73. The average Bonchev–Trinajstić information content (AvgIpc) is 2.80. The zero-order valence-electron chi connectivity index (χ0n) is 11.8. The maximum atomic E-state index is 10.5. The molecule has 0 aromatic heterocycles. The van der Waals surface area contributed by atoms with Gasteiger partial charge in [0.05, 0.1) is 6.10 Å². The van der Waals surface area contributed by atoms with E-state index in [1.165, 1.54) is 12.0 Å². The van der Waals surface area contributed by atoms with Gasteiger partial charge >= 0.3 is 0 Å². The van der Waals surface area contributed by atoms with Crippen molar-refractivity contribution in [2.24, 2.45) is 11.8 Å². The number of benzene rings is 1. The van der Waals surface area contributed by atoms with E-state index >= 15 is 0 Å². The number of aliphatic hydroxyl groups is 2. The fourth-order valence-electron chi connectivity index (χ4n) is 5.82. The summed E-state index contributed by atoms with van der Waals surface area (Å²) >= 11 is 0. The molecule has 1 aromatic carbocycles. The van der Waals surface area contributed by atoms with Crippen molar-refractivity contribution in [3.05, 3.63) is 23.3 Å². The van der Waals surface area contributed by atoms with E-state index in [-0.39, 0.29) is 11.2 Å². The second-order valence-corrected chi connectivity index (χ2v) is 7.28. The van der Waals surface area contributed by atoms with E-state index in [0.717, 1.165) is 24.8 Å². The van der Waals surface area contributed by atoms with Crippen molar-refractivity contribution in [3.63, 3.8) is 0 Å². The highest BCUT2D eigenvalue weighted by molar-refractivity contribution is 5.60. The number of ether oxygens (including phenoxy) is 1. The van der Waals surface area contributed by atoms with Crippen molar-refractivity contribution >= 4 is 0 Å². The topological polar surface area (TPSA) is 69.9 Å². The Hall–Kier alpha value is -1.26. The van der Waals surface area contributed by atoms with E-state index in [4.69, 9.17) is 4.74 Å². The van der Waals surface area contributed by atoms with Crippen LogP contribution >= 0.6 is 0 Å². The van der Waals surface area contributed by atoms with E-state index < -0.39 is 18.3 Å². The van der Waals surface area contributed by atoms with Crippen LogP contribution in [0.2, 0.25) is 0 Å². The Kier molecular flexibility index (Phi) is 2.19. The first kappa shape index (κ1) is 12.3. The average molecular weight is 288 g/mol. The second kappa shape index (κ2) is 3.73. The lowest BCUT2D eigenvalue weighted by atomic mass is 9.48. The van der Waals surface area contributed by atoms with Gasteiger partial charge in [-0.2, -0.15) is 0 Å². The van der Waals surface area contributed by atoms with Gasteiger partial charge in [0, 0.05) is 11.0 Å². The molecule has 2 bridgehead atoms. The van der Waals surface area contributed by atoms with Crippen LogP contribution in [0.4, 0.5) is 0 Å². The monoisotopic (exact) mass is 288 g/mol. The molecule has 6 atom stereocenters. The van der Waals surface area contributed by atoms with Crippen LogP contribution < -0.4 is 4.74 Å². The van der Waals surface area contributed by atoms with Crippen LogP contribution in [0.25, 0.3) is 0 Å². The summed E-state index contributed by atoms with van der Waals surface area (Å²) in [6.07, 6.45) is 3.00. The summed E-state index contributed by atoms with van der Waals surface area (Å²) in [5, 5.41) is 30.9. The molecular weight excluding hydrogens is 268 g/mol. The molecule has 1 heterocycles.